The molecule has 0 spiro atoms. The van der Waals surface area contributed by atoms with Crippen molar-refractivity contribution in [1.29, 1.82) is 0 Å². The zero-order chi connectivity index (χ0) is 18.6. The Kier molecular flexibility index (Phi) is 5.36. The quantitative estimate of drug-likeness (QED) is 0.427. The molecule has 4 rings (SSSR count). The Bertz CT molecular complexity index is 1040. The van der Waals surface area contributed by atoms with Crippen LogP contribution in [0.5, 0.6) is 0 Å². The Morgan fingerprint density at radius 2 is 1.89 bits per heavy atom. The molecule has 0 saturated heterocycles. The average Bonchev–Trinajstić information content (AvgIpc) is 3.29. The Balaban J connectivity index is 1.42. The lowest BCUT2D eigenvalue weighted by molar-refractivity contribution is 0.748. The predicted octanol–water partition coefficient (Wildman–Crippen LogP) is 5.13. The van der Waals surface area contributed by atoms with Gasteiger partial charge in [0.2, 0.25) is 0 Å². The van der Waals surface area contributed by atoms with E-state index in [9.17, 15) is 0 Å². The van der Waals surface area contributed by atoms with Gasteiger partial charge in [-0.2, -0.15) is 0 Å². The minimum atomic E-state index is 0.791. The SMILES string of the molecule is Cc1cccc(-c2nc(CSc3nnc(Cc4ccccc4)n3C)cs2)c1. The molecule has 0 atom stereocenters. The minimum absolute atomic E-state index is 0.791. The molecular formula is C21H20N4S2. The molecule has 27 heavy (non-hydrogen) atoms. The first kappa shape index (κ1) is 17.9. The molecule has 0 fully saturated rings. The molecule has 2 heterocycles. The Morgan fingerprint density at radius 1 is 1.04 bits per heavy atom. The maximum Gasteiger partial charge on any atom is 0.191 e. The van der Waals surface area contributed by atoms with Gasteiger partial charge in [0.15, 0.2) is 5.16 Å². The van der Waals surface area contributed by atoms with Crippen molar-refractivity contribution in [3.63, 3.8) is 0 Å². The lowest BCUT2D eigenvalue weighted by atomic mass is 10.1. The largest absolute Gasteiger partial charge is 0.309 e. The molecule has 4 aromatic rings. The molecule has 0 saturated carbocycles. The molecule has 0 unspecified atom stereocenters. The van der Waals surface area contributed by atoms with Gasteiger partial charge in [0.05, 0.1) is 5.69 Å². The summed E-state index contributed by atoms with van der Waals surface area (Å²) in [6, 6.07) is 18.8. The first-order chi connectivity index (χ1) is 13.2. The van der Waals surface area contributed by atoms with Crippen molar-refractivity contribution in [3.8, 4) is 10.6 Å². The number of aromatic nitrogens is 4. The highest BCUT2D eigenvalue weighted by Gasteiger charge is 2.11. The summed E-state index contributed by atoms with van der Waals surface area (Å²) in [4.78, 5) is 4.78. The molecule has 0 radical (unpaired) electrons. The van der Waals surface area contributed by atoms with Crippen LogP contribution >= 0.6 is 23.1 Å². The van der Waals surface area contributed by atoms with Crippen molar-refractivity contribution in [2.75, 3.05) is 0 Å². The van der Waals surface area contributed by atoms with Gasteiger partial charge in [0, 0.05) is 30.2 Å². The molecule has 136 valence electrons. The first-order valence-electron chi connectivity index (χ1n) is 8.75. The third-order valence-corrected chi connectivity index (χ3v) is 6.29. The van der Waals surface area contributed by atoms with E-state index < -0.39 is 0 Å². The molecule has 0 aliphatic carbocycles. The fraction of sp³-hybridized carbons (Fsp3) is 0.190. The van der Waals surface area contributed by atoms with Gasteiger partial charge in [-0.1, -0.05) is 65.9 Å². The zero-order valence-electron chi connectivity index (χ0n) is 15.3. The minimum Gasteiger partial charge on any atom is -0.309 e. The van der Waals surface area contributed by atoms with Crippen molar-refractivity contribution >= 4 is 23.1 Å². The van der Waals surface area contributed by atoms with Gasteiger partial charge in [-0.05, 0) is 18.6 Å². The van der Waals surface area contributed by atoms with Gasteiger partial charge < -0.3 is 4.57 Å². The summed E-state index contributed by atoms with van der Waals surface area (Å²) in [5.41, 5.74) is 4.75. The summed E-state index contributed by atoms with van der Waals surface area (Å²) in [6.07, 6.45) is 0.791. The summed E-state index contributed by atoms with van der Waals surface area (Å²) in [7, 11) is 2.03. The summed E-state index contributed by atoms with van der Waals surface area (Å²) in [6.45, 7) is 2.11. The van der Waals surface area contributed by atoms with Crippen LogP contribution in [0.25, 0.3) is 10.6 Å². The van der Waals surface area contributed by atoms with E-state index in [1.807, 2.05) is 13.1 Å². The number of benzene rings is 2. The van der Waals surface area contributed by atoms with E-state index in [1.165, 1.54) is 16.7 Å². The van der Waals surface area contributed by atoms with Gasteiger partial charge in [-0.25, -0.2) is 4.98 Å². The van der Waals surface area contributed by atoms with Crippen LogP contribution in [0.3, 0.4) is 0 Å². The van der Waals surface area contributed by atoms with Crippen LogP contribution in [-0.2, 0) is 19.2 Å². The lowest BCUT2D eigenvalue weighted by Crippen LogP contribution is -2.00. The number of thiazole rings is 1. The molecule has 0 aliphatic heterocycles. The van der Waals surface area contributed by atoms with Crippen LogP contribution in [-0.4, -0.2) is 19.7 Å². The highest BCUT2D eigenvalue weighted by Crippen LogP contribution is 2.28. The van der Waals surface area contributed by atoms with Crippen molar-refractivity contribution < 1.29 is 0 Å². The number of nitrogens with zero attached hydrogens (tertiary/aromatic N) is 4. The number of hydrogen-bond acceptors (Lipinski definition) is 5. The fourth-order valence-electron chi connectivity index (χ4n) is 2.83. The van der Waals surface area contributed by atoms with Crippen LogP contribution in [0.2, 0.25) is 0 Å². The van der Waals surface area contributed by atoms with E-state index in [4.69, 9.17) is 4.98 Å². The molecule has 4 nitrogen and oxygen atoms in total. The molecule has 2 aromatic heterocycles. The number of thioether (sulfide) groups is 1. The van der Waals surface area contributed by atoms with Crippen LogP contribution in [0.1, 0.15) is 22.6 Å². The molecule has 0 aliphatic rings. The smallest absolute Gasteiger partial charge is 0.191 e. The van der Waals surface area contributed by atoms with Gasteiger partial charge in [-0.15, -0.1) is 21.5 Å². The topological polar surface area (TPSA) is 43.6 Å². The van der Waals surface area contributed by atoms with E-state index in [1.54, 1.807) is 23.1 Å². The highest BCUT2D eigenvalue weighted by molar-refractivity contribution is 7.98. The van der Waals surface area contributed by atoms with Gasteiger partial charge in [-0.3, -0.25) is 0 Å². The van der Waals surface area contributed by atoms with Crippen molar-refractivity contribution in [1.82, 2.24) is 19.7 Å². The number of aryl methyl sites for hydroxylation is 1. The summed E-state index contributed by atoms with van der Waals surface area (Å²) in [5, 5.41) is 12.8. The molecule has 2 aromatic carbocycles. The number of hydrogen-bond donors (Lipinski definition) is 0. The van der Waals surface area contributed by atoms with E-state index in [-0.39, 0.29) is 0 Å². The second kappa shape index (κ2) is 8.06. The predicted molar refractivity (Wildman–Crippen MR) is 112 cm³/mol. The van der Waals surface area contributed by atoms with Crippen LogP contribution in [0, 0.1) is 6.92 Å². The Labute approximate surface area is 167 Å². The normalized spacial score (nSPS) is 11.0. The van der Waals surface area contributed by atoms with Gasteiger partial charge >= 0.3 is 0 Å². The van der Waals surface area contributed by atoms with E-state index in [0.717, 1.165) is 33.9 Å². The average molecular weight is 393 g/mol. The summed E-state index contributed by atoms with van der Waals surface area (Å²) in [5.74, 6) is 1.77. The Morgan fingerprint density at radius 3 is 2.70 bits per heavy atom. The van der Waals surface area contributed by atoms with Crippen molar-refractivity contribution in [2.45, 2.75) is 24.3 Å². The summed E-state index contributed by atoms with van der Waals surface area (Å²) < 4.78 is 2.07. The van der Waals surface area contributed by atoms with Gasteiger partial charge in [0.25, 0.3) is 0 Å². The van der Waals surface area contributed by atoms with Crippen molar-refractivity contribution in [2.24, 2.45) is 7.05 Å². The monoisotopic (exact) mass is 392 g/mol. The highest BCUT2D eigenvalue weighted by atomic mass is 32.2. The molecule has 6 heteroatoms. The van der Waals surface area contributed by atoms with E-state index in [0.29, 0.717) is 0 Å². The van der Waals surface area contributed by atoms with Crippen LogP contribution in [0.15, 0.2) is 65.1 Å². The second-order valence-electron chi connectivity index (χ2n) is 6.42. The van der Waals surface area contributed by atoms with Crippen LogP contribution < -0.4 is 0 Å². The maximum atomic E-state index is 4.78. The second-order valence-corrected chi connectivity index (χ2v) is 8.22. The molecule has 0 N–H and O–H groups in total. The summed E-state index contributed by atoms with van der Waals surface area (Å²) >= 11 is 3.37. The molecule has 0 bridgehead atoms. The maximum absolute atomic E-state index is 4.78. The third-order valence-electron chi connectivity index (χ3n) is 4.30. The van der Waals surface area contributed by atoms with E-state index in [2.05, 4.69) is 75.6 Å². The van der Waals surface area contributed by atoms with Crippen LogP contribution in [0.4, 0.5) is 0 Å². The fourth-order valence-corrected chi connectivity index (χ4v) is 4.57. The third kappa shape index (κ3) is 4.28. The van der Waals surface area contributed by atoms with E-state index >= 15 is 0 Å². The standard InChI is InChI=1S/C21H20N4S2/c1-15-7-6-10-17(11-15)20-22-18(13-26-20)14-27-21-24-23-19(25(21)2)12-16-8-4-3-5-9-16/h3-11,13H,12,14H2,1-2H3. The van der Waals surface area contributed by atoms with Crippen molar-refractivity contribution in [3.05, 3.63) is 82.6 Å². The number of rotatable bonds is 6. The molecule has 0 amide bonds. The Hall–Kier alpha value is -2.44. The lowest BCUT2D eigenvalue weighted by Gasteiger charge is -2.03. The zero-order valence-corrected chi connectivity index (χ0v) is 16.9. The van der Waals surface area contributed by atoms with Gasteiger partial charge in [0.1, 0.15) is 10.8 Å². The molecular weight excluding hydrogens is 372 g/mol. The first-order valence-corrected chi connectivity index (χ1v) is 10.6.